The monoisotopic (exact) mass is 268 g/mol. The molecule has 0 aliphatic heterocycles. The minimum atomic E-state index is 0.279. The van der Waals surface area contributed by atoms with Gasteiger partial charge in [-0.05, 0) is 66.1 Å². The van der Waals surface area contributed by atoms with Gasteiger partial charge in [-0.3, -0.25) is 0 Å². The van der Waals surface area contributed by atoms with Crippen LogP contribution in [0.3, 0.4) is 0 Å². The van der Waals surface area contributed by atoms with E-state index in [-0.39, 0.29) is 5.54 Å². The molecule has 0 aromatic carbocycles. The molecule has 0 amide bonds. The maximum atomic E-state index is 3.57. The molecule has 0 atom stereocenters. The van der Waals surface area contributed by atoms with Crippen molar-refractivity contribution < 1.29 is 0 Å². The summed E-state index contributed by atoms with van der Waals surface area (Å²) in [5.74, 6) is 0. The second-order valence-corrected chi connectivity index (χ2v) is 7.16. The van der Waals surface area contributed by atoms with Crippen molar-refractivity contribution in [2.45, 2.75) is 90.6 Å². The van der Waals surface area contributed by atoms with E-state index in [4.69, 9.17) is 0 Å². The summed E-state index contributed by atoms with van der Waals surface area (Å²) < 4.78 is 0. The van der Waals surface area contributed by atoms with Crippen molar-refractivity contribution in [1.82, 2.24) is 10.2 Å². The Kier molecular flexibility index (Phi) is 8.01. The Bertz CT molecular complexity index is 214. The van der Waals surface area contributed by atoms with Gasteiger partial charge in [0.05, 0.1) is 0 Å². The summed E-state index contributed by atoms with van der Waals surface area (Å²) in [6, 6.07) is 0.910. The second kappa shape index (κ2) is 8.97. The first-order valence-electron chi connectivity index (χ1n) is 8.52. The summed E-state index contributed by atoms with van der Waals surface area (Å²) in [6.45, 7) is 12.8. The van der Waals surface area contributed by atoms with Crippen molar-refractivity contribution in [2.24, 2.45) is 0 Å². The molecule has 2 heteroatoms. The van der Waals surface area contributed by atoms with Crippen molar-refractivity contribution in [1.29, 1.82) is 0 Å². The number of unbranched alkanes of at least 4 members (excludes halogenated alkanes) is 3. The van der Waals surface area contributed by atoms with Crippen molar-refractivity contribution >= 4 is 0 Å². The van der Waals surface area contributed by atoms with Gasteiger partial charge in [-0.2, -0.15) is 0 Å². The summed E-state index contributed by atoms with van der Waals surface area (Å²) in [5.41, 5.74) is 0.279. The highest BCUT2D eigenvalue weighted by Gasteiger charge is 2.20. The summed E-state index contributed by atoms with van der Waals surface area (Å²) in [6.07, 6.45) is 11.3. The molecule has 1 aliphatic rings. The molecule has 1 fully saturated rings. The van der Waals surface area contributed by atoms with Crippen LogP contribution in [0.2, 0.25) is 0 Å². The van der Waals surface area contributed by atoms with E-state index in [1.807, 2.05) is 0 Å². The predicted octanol–water partition coefficient (Wildman–Crippen LogP) is 4.20. The minimum absolute atomic E-state index is 0.279. The number of hydrogen-bond donors (Lipinski definition) is 1. The molecule has 1 rings (SSSR count). The third kappa shape index (κ3) is 7.94. The van der Waals surface area contributed by atoms with Gasteiger partial charge in [-0.15, -0.1) is 0 Å². The molecule has 0 radical (unpaired) electrons. The molecule has 0 aromatic rings. The first-order valence-corrected chi connectivity index (χ1v) is 8.52. The fourth-order valence-corrected chi connectivity index (χ4v) is 3.13. The number of nitrogens with one attached hydrogen (secondary N) is 1. The molecular weight excluding hydrogens is 232 g/mol. The lowest BCUT2D eigenvalue weighted by Crippen LogP contribution is -2.36. The zero-order valence-electron chi connectivity index (χ0n) is 13.8. The third-order valence-corrected chi connectivity index (χ3v) is 4.27. The maximum Gasteiger partial charge on any atom is 0.00965 e. The predicted molar refractivity (Wildman–Crippen MR) is 85.7 cm³/mol. The molecule has 1 N–H and O–H groups in total. The van der Waals surface area contributed by atoms with Crippen LogP contribution in [-0.4, -0.2) is 36.1 Å². The maximum absolute atomic E-state index is 3.57. The molecule has 0 unspecified atom stereocenters. The lowest BCUT2D eigenvalue weighted by atomic mass is 10.1. The highest BCUT2D eigenvalue weighted by molar-refractivity contribution is 4.76. The van der Waals surface area contributed by atoms with Gasteiger partial charge in [0.25, 0.3) is 0 Å². The van der Waals surface area contributed by atoms with E-state index in [1.54, 1.807) is 0 Å². The SMILES string of the molecule is CCN(CCCCCCNC(C)(C)C)C1CCCC1. The molecule has 114 valence electrons. The van der Waals surface area contributed by atoms with E-state index in [9.17, 15) is 0 Å². The molecule has 0 spiro atoms. The van der Waals surface area contributed by atoms with Gasteiger partial charge in [-0.1, -0.05) is 32.6 Å². The number of nitrogens with zero attached hydrogens (tertiary/aromatic N) is 1. The van der Waals surface area contributed by atoms with E-state index < -0.39 is 0 Å². The standard InChI is InChI=1S/C17H36N2/c1-5-19(16-12-8-9-13-16)15-11-7-6-10-14-18-17(2,3)4/h16,18H,5-15H2,1-4H3. The van der Waals surface area contributed by atoms with Crippen LogP contribution in [0.25, 0.3) is 0 Å². The van der Waals surface area contributed by atoms with Crippen LogP contribution in [0.1, 0.15) is 79.1 Å². The van der Waals surface area contributed by atoms with Crippen LogP contribution >= 0.6 is 0 Å². The van der Waals surface area contributed by atoms with Gasteiger partial charge in [0.15, 0.2) is 0 Å². The normalized spacial score (nSPS) is 17.5. The highest BCUT2D eigenvalue weighted by Crippen LogP contribution is 2.23. The van der Waals surface area contributed by atoms with Gasteiger partial charge in [0, 0.05) is 11.6 Å². The number of rotatable bonds is 9. The van der Waals surface area contributed by atoms with Gasteiger partial charge in [0.1, 0.15) is 0 Å². The van der Waals surface area contributed by atoms with Crippen molar-refractivity contribution in [2.75, 3.05) is 19.6 Å². The average Bonchev–Trinajstić information content (AvgIpc) is 2.85. The quantitative estimate of drug-likeness (QED) is 0.631. The van der Waals surface area contributed by atoms with E-state index in [0.717, 1.165) is 6.04 Å². The summed E-state index contributed by atoms with van der Waals surface area (Å²) in [5, 5.41) is 3.57. The summed E-state index contributed by atoms with van der Waals surface area (Å²) in [4.78, 5) is 2.72. The van der Waals surface area contributed by atoms with Crippen molar-refractivity contribution in [3.63, 3.8) is 0 Å². The fourth-order valence-electron chi connectivity index (χ4n) is 3.13. The van der Waals surface area contributed by atoms with Gasteiger partial charge in [0.2, 0.25) is 0 Å². The third-order valence-electron chi connectivity index (χ3n) is 4.27. The molecule has 19 heavy (non-hydrogen) atoms. The Balaban J connectivity index is 1.97. The zero-order valence-corrected chi connectivity index (χ0v) is 13.8. The van der Waals surface area contributed by atoms with Crippen LogP contribution in [0.15, 0.2) is 0 Å². The molecular formula is C17H36N2. The fraction of sp³-hybridized carbons (Fsp3) is 1.00. The zero-order chi connectivity index (χ0) is 14.1. The molecule has 2 nitrogen and oxygen atoms in total. The van der Waals surface area contributed by atoms with E-state index in [2.05, 4.69) is 37.9 Å². The first kappa shape index (κ1) is 17.0. The first-order chi connectivity index (χ1) is 9.03. The Labute approximate surface area is 121 Å². The Morgan fingerprint density at radius 1 is 1.00 bits per heavy atom. The number of hydrogen-bond acceptors (Lipinski definition) is 2. The Morgan fingerprint density at radius 2 is 1.63 bits per heavy atom. The Morgan fingerprint density at radius 3 is 2.21 bits per heavy atom. The lowest BCUT2D eigenvalue weighted by Gasteiger charge is -2.27. The van der Waals surface area contributed by atoms with Gasteiger partial charge < -0.3 is 10.2 Å². The summed E-state index contributed by atoms with van der Waals surface area (Å²) >= 11 is 0. The Hall–Kier alpha value is -0.0800. The molecule has 1 aliphatic carbocycles. The van der Waals surface area contributed by atoms with Crippen LogP contribution in [0.4, 0.5) is 0 Å². The van der Waals surface area contributed by atoms with Crippen LogP contribution in [0, 0.1) is 0 Å². The molecule has 0 heterocycles. The van der Waals surface area contributed by atoms with Gasteiger partial charge in [-0.25, -0.2) is 0 Å². The topological polar surface area (TPSA) is 15.3 Å². The van der Waals surface area contributed by atoms with E-state index in [0.29, 0.717) is 0 Å². The molecule has 1 saturated carbocycles. The van der Waals surface area contributed by atoms with Crippen molar-refractivity contribution in [3.8, 4) is 0 Å². The van der Waals surface area contributed by atoms with Crippen LogP contribution in [-0.2, 0) is 0 Å². The largest absolute Gasteiger partial charge is 0.312 e. The minimum Gasteiger partial charge on any atom is -0.312 e. The van der Waals surface area contributed by atoms with Crippen LogP contribution < -0.4 is 5.32 Å². The molecule has 0 bridgehead atoms. The van der Waals surface area contributed by atoms with Crippen LogP contribution in [0.5, 0.6) is 0 Å². The molecule has 0 aromatic heterocycles. The highest BCUT2D eigenvalue weighted by atomic mass is 15.1. The van der Waals surface area contributed by atoms with Gasteiger partial charge >= 0.3 is 0 Å². The van der Waals surface area contributed by atoms with Crippen molar-refractivity contribution in [3.05, 3.63) is 0 Å². The lowest BCUT2D eigenvalue weighted by molar-refractivity contribution is 0.204. The van der Waals surface area contributed by atoms with E-state index >= 15 is 0 Å². The second-order valence-electron chi connectivity index (χ2n) is 7.16. The smallest absolute Gasteiger partial charge is 0.00965 e. The van der Waals surface area contributed by atoms with E-state index in [1.165, 1.54) is 71.0 Å². The molecule has 0 saturated heterocycles. The summed E-state index contributed by atoms with van der Waals surface area (Å²) in [7, 11) is 0. The average molecular weight is 268 g/mol.